The largest absolute Gasteiger partial charge is 0.490 e. The van der Waals surface area contributed by atoms with E-state index in [4.69, 9.17) is 25.8 Å². The molecule has 0 radical (unpaired) electrons. The third kappa shape index (κ3) is 6.76. The number of halogens is 1. The number of nitrogens with one attached hydrogen (secondary N) is 1. The van der Waals surface area contributed by atoms with Crippen LogP contribution < -0.4 is 14.8 Å². The average molecular weight is 489 g/mol. The van der Waals surface area contributed by atoms with Crippen molar-refractivity contribution in [2.24, 2.45) is 4.99 Å². The minimum atomic E-state index is -0.502. The van der Waals surface area contributed by atoms with Gasteiger partial charge in [0.25, 0.3) is 5.91 Å². The summed E-state index contributed by atoms with van der Waals surface area (Å²) >= 11 is 7.64. The van der Waals surface area contributed by atoms with E-state index in [2.05, 4.69) is 17.2 Å². The lowest BCUT2D eigenvalue weighted by Gasteiger charge is -2.14. The number of thioether (sulfide) groups is 1. The molecule has 0 bridgehead atoms. The van der Waals surface area contributed by atoms with Crippen LogP contribution in [0.3, 0.4) is 0 Å². The Morgan fingerprint density at radius 3 is 2.55 bits per heavy atom. The first-order chi connectivity index (χ1) is 15.9. The topological polar surface area (TPSA) is 86.2 Å². The molecular weight excluding hydrogens is 464 g/mol. The lowest BCUT2D eigenvalue weighted by molar-refractivity contribution is -0.145. The number of amidine groups is 1. The smallest absolute Gasteiger partial charge is 0.344 e. The molecule has 0 unspecified atom stereocenters. The van der Waals surface area contributed by atoms with Crippen LogP contribution in [-0.4, -0.2) is 36.9 Å². The molecule has 33 heavy (non-hydrogen) atoms. The summed E-state index contributed by atoms with van der Waals surface area (Å²) in [6.45, 7) is 5.97. The van der Waals surface area contributed by atoms with Crippen LogP contribution in [0.15, 0.2) is 46.3 Å². The molecule has 2 aromatic carbocycles. The Balaban J connectivity index is 1.80. The van der Waals surface area contributed by atoms with E-state index < -0.39 is 5.97 Å². The van der Waals surface area contributed by atoms with Crippen LogP contribution >= 0.6 is 23.4 Å². The monoisotopic (exact) mass is 488 g/mol. The molecule has 1 saturated heterocycles. The number of aliphatic imine (C=N–C) groups is 1. The fourth-order valence-corrected chi connectivity index (χ4v) is 4.08. The molecule has 1 N–H and O–H groups in total. The van der Waals surface area contributed by atoms with Crippen molar-refractivity contribution in [3.8, 4) is 11.5 Å². The predicted octanol–water partition coefficient (Wildman–Crippen LogP) is 5.13. The SMILES string of the molecule is CCOC(=O)COc1c(Cl)cc(/C=C2\SC(=Nc3ccc(CC)cc3)NC2=O)cc1OCC. The number of carbonyl (C=O) groups excluding carboxylic acids is 2. The minimum absolute atomic E-state index is 0.245. The molecule has 0 saturated carbocycles. The maximum Gasteiger partial charge on any atom is 0.344 e. The number of benzene rings is 2. The van der Waals surface area contributed by atoms with Crippen molar-refractivity contribution in [1.29, 1.82) is 0 Å². The van der Waals surface area contributed by atoms with Gasteiger partial charge >= 0.3 is 5.97 Å². The minimum Gasteiger partial charge on any atom is -0.490 e. The number of hydrogen-bond acceptors (Lipinski definition) is 7. The first-order valence-corrected chi connectivity index (χ1v) is 11.8. The van der Waals surface area contributed by atoms with Crippen molar-refractivity contribution in [3.63, 3.8) is 0 Å². The van der Waals surface area contributed by atoms with Crippen LogP contribution in [0.1, 0.15) is 31.9 Å². The van der Waals surface area contributed by atoms with Crippen molar-refractivity contribution >= 4 is 52.2 Å². The van der Waals surface area contributed by atoms with Gasteiger partial charge in [0.1, 0.15) is 0 Å². The molecule has 0 atom stereocenters. The van der Waals surface area contributed by atoms with Crippen molar-refractivity contribution in [2.45, 2.75) is 27.2 Å². The van der Waals surface area contributed by atoms with E-state index in [0.29, 0.717) is 28.0 Å². The van der Waals surface area contributed by atoms with Gasteiger partial charge in [-0.1, -0.05) is 30.7 Å². The van der Waals surface area contributed by atoms with E-state index in [1.807, 2.05) is 31.2 Å². The maximum absolute atomic E-state index is 12.5. The second kappa shape index (κ2) is 11.8. The van der Waals surface area contributed by atoms with E-state index in [1.165, 1.54) is 17.3 Å². The Labute approximate surface area is 202 Å². The number of esters is 1. The van der Waals surface area contributed by atoms with Crippen molar-refractivity contribution in [2.75, 3.05) is 19.8 Å². The highest BCUT2D eigenvalue weighted by molar-refractivity contribution is 8.18. The summed E-state index contributed by atoms with van der Waals surface area (Å²) in [5.41, 5.74) is 2.64. The second-order valence-corrected chi connectivity index (χ2v) is 8.30. The average Bonchev–Trinajstić information content (AvgIpc) is 3.12. The molecule has 174 valence electrons. The Morgan fingerprint density at radius 2 is 1.88 bits per heavy atom. The zero-order valence-corrected chi connectivity index (χ0v) is 20.2. The predicted molar refractivity (Wildman–Crippen MR) is 131 cm³/mol. The fraction of sp³-hybridized carbons (Fsp3) is 0.292. The third-order valence-electron chi connectivity index (χ3n) is 4.50. The molecule has 1 fully saturated rings. The molecule has 0 aromatic heterocycles. The highest BCUT2D eigenvalue weighted by atomic mass is 35.5. The molecule has 1 aliphatic rings. The Morgan fingerprint density at radius 1 is 1.12 bits per heavy atom. The number of carbonyl (C=O) groups is 2. The molecule has 0 spiro atoms. The van der Waals surface area contributed by atoms with Crippen LogP contribution in [0.4, 0.5) is 5.69 Å². The summed E-state index contributed by atoms with van der Waals surface area (Å²) in [4.78, 5) is 29.1. The second-order valence-electron chi connectivity index (χ2n) is 6.86. The Kier molecular flexibility index (Phi) is 8.79. The Bertz CT molecular complexity index is 1080. The number of ether oxygens (including phenoxy) is 3. The van der Waals surface area contributed by atoms with Gasteiger partial charge in [-0.05, 0) is 73.5 Å². The van der Waals surface area contributed by atoms with Crippen LogP contribution in [-0.2, 0) is 20.7 Å². The number of rotatable bonds is 9. The van der Waals surface area contributed by atoms with E-state index in [0.717, 1.165) is 12.1 Å². The highest BCUT2D eigenvalue weighted by Gasteiger charge is 2.24. The zero-order valence-electron chi connectivity index (χ0n) is 18.6. The molecule has 7 nitrogen and oxygen atoms in total. The van der Waals surface area contributed by atoms with Gasteiger partial charge in [0, 0.05) is 0 Å². The fourth-order valence-electron chi connectivity index (χ4n) is 2.96. The number of hydrogen-bond donors (Lipinski definition) is 1. The summed E-state index contributed by atoms with van der Waals surface area (Å²) in [5, 5.41) is 3.53. The van der Waals surface area contributed by atoms with Crippen LogP contribution in [0.2, 0.25) is 5.02 Å². The first kappa shape index (κ1) is 24.7. The summed E-state index contributed by atoms with van der Waals surface area (Å²) in [5.74, 6) is -0.137. The van der Waals surface area contributed by atoms with Gasteiger partial charge in [-0.3, -0.25) is 4.79 Å². The molecule has 2 aromatic rings. The Hall–Kier alpha value is -2.97. The summed E-state index contributed by atoms with van der Waals surface area (Å²) in [7, 11) is 0. The van der Waals surface area contributed by atoms with E-state index in [1.54, 1.807) is 25.1 Å². The summed E-state index contributed by atoms with van der Waals surface area (Å²) in [6.07, 6.45) is 2.65. The molecule has 1 amide bonds. The zero-order chi connectivity index (χ0) is 23.8. The van der Waals surface area contributed by atoms with Gasteiger partial charge in [-0.25, -0.2) is 9.79 Å². The van der Waals surface area contributed by atoms with Crippen LogP contribution in [0, 0.1) is 0 Å². The molecule has 9 heteroatoms. The van der Waals surface area contributed by atoms with Crippen molar-refractivity contribution in [1.82, 2.24) is 5.32 Å². The lowest BCUT2D eigenvalue weighted by Crippen LogP contribution is -2.19. The van der Waals surface area contributed by atoms with E-state index in [9.17, 15) is 9.59 Å². The summed E-state index contributed by atoms with van der Waals surface area (Å²) in [6, 6.07) is 11.2. The lowest BCUT2D eigenvalue weighted by atomic mass is 10.1. The van der Waals surface area contributed by atoms with Gasteiger partial charge < -0.3 is 19.5 Å². The maximum atomic E-state index is 12.5. The normalized spacial score (nSPS) is 15.6. The molecule has 0 aliphatic carbocycles. The summed E-state index contributed by atoms with van der Waals surface area (Å²) < 4.78 is 16.0. The van der Waals surface area contributed by atoms with Crippen molar-refractivity contribution < 1.29 is 23.8 Å². The molecule has 1 aliphatic heterocycles. The van der Waals surface area contributed by atoms with Crippen LogP contribution in [0.25, 0.3) is 6.08 Å². The molecular formula is C24H25ClN2O5S. The third-order valence-corrected chi connectivity index (χ3v) is 5.69. The van der Waals surface area contributed by atoms with E-state index in [-0.39, 0.29) is 29.9 Å². The van der Waals surface area contributed by atoms with Crippen LogP contribution in [0.5, 0.6) is 11.5 Å². The highest BCUT2D eigenvalue weighted by Crippen LogP contribution is 2.38. The number of nitrogens with zero attached hydrogens (tertiary/aromatic N) is 1. The van der Waals surface area contributed by atoms with Gasteiger partial charge in [-0.15, -0.1) is 0 Å². The number of aryl methyl sites for hydroxylation is 1. The van der Waals surface area contributed by atoms with E-state index >= 15 is 0 Å². The molecule has 1 heterocycles. The van der Waals surface area contributed by atoms with Gasteiger partial charge in [0.15, 0.2) is 23.3 Å². The quantitative estimate of drug-likeness (QED) is 0.388. The number of amides is 1. The molecule has 3 rings (SSSR count). The van der Waals surface area contributed by atoms with Gasteiger partial charge in [0.05, 0.1) is 28.8 Å². The van der Waals surface area contributed by atoms with Crippen molar-refractivity contribution in [3.05, 3.63) is 57.5 Å². The first-order valence-electron chi connectivity index (χ1n) is 10.6. The van der Waals surface area contributed by atoms with Gasteiger partial charge in [-0.2, -0.15) is 0 Å². The van der Waals surface area contributed by atoms with Gasteiger partial charge in [0.2, 0.25) is 0 Å². The standard InChI is InChI=1S/C24H25ClN2O5S/c1-4-15-7-9-17(10-8-15)26-24-27-23(29)20(33-24)13-16-11-18(25)22(19(12-16)30-5-2)32-14-21(28)31-6-3/h7-13H,4-6,14H2,1-3H3,(H,26,27,29)/b20-13-.